The van der Waals surface area contributed by atoms with Crippen LogP contribution < -0.4 is 10.5 Å². The summed E-state index contributed by atoms with van der Waals surface area (Å²) in [5.74, 6) is -0.409. The van der Waals surface area contributed by atoms with Crippen LogP contribution in [0, 0.1) is 5.82 Å². The molecule has 0 heterocycles. The molecule has 1 unspecified atom stereocenters. The molecule has 0 amide bonds. The number of esters is 1. The molecule has 0 aliphatic carbocycles. The maximum Gasteiger partial charge on any atom is 0.338 e. The van der Waals surface area contributed by atoms with Gasteiger partial charge in [0.2, 0.25) is 0 Å². The van der Waals surface area contributed by atoms with E-state index < -0.39 is 11.8 Å². The molecular formula is C18H20FNO3. The van der Waals surface area contributed by atoms with Gasteiger partial charge in [0.15, 0.2) is 0 Å². The first-order valence-electron chi connectivity index (χ1n) is 7.38. The van der Waals surface area contributed by atoms with Crippen molar-refractivity contribution in [3.63, 3.8) is 0 Å². The van der Waals surface area contributed by atoms with E-state index in [0.29, 0.717) is 22.4 Å². The third-order valence-electron chi connectivity index (χ3n) is 3.52. The van der Waals surface area contributed by atoms with Crippen molar-refractivity contribution in [2.24, 2.45) is 5.73 Å². The summed E-state index contributed by atoms with van der Waals surface area (Å²) in [6.07, 6.45) is 0. The van der Waals surface area contributed by atoms with Crippen LogP contribution in [0.4, 0.5) is 4.39 Å². The molecule has 23 heavy (non-hydrogen) atoms. The summed E-state index contributed by atoms with van der Waals surface area (Å²) in [6, 6.07) is 9.17. The number of nitrogens with two attached hydrogens (primary N) is 1. The third-order valence-corrected chi connectivity index (χ3v) is 3.52. The van der Waals surface area contributed by atoms with E-state index in [9.17, 15) is 9.18 Å². The van der Waals surface area contributed by atoms with Crippen molar-refractivity contribution < 1.29 is 18.7 Å². The summed E-state index contributed by atoms with van der Waals surface area (Å²) in [4.78, 5) is 12.3. The molecule has 4 nitrogen and oxygen atoms in total. The van der Waals surface area contributed by atoms with E-state index in [1.807, 2.05) is 13.0 Å². The second-order valence-electron chi connectivity index (χ2n) is 5.16. The number of halogens is 1. The molecule has 2 aromatic rings. The minimum absolute atomic E-state index is 0.230. The number of rotatable bonds is 5. The zero-order chi connectivity index (χ0) is 17.0. The zero-order valence-corrected chi connectivity index (χ0v) is 13.4. The van der Waals surface area contributed by atoms with Gasteiger partial charge >= 0.3 is 5.97 Å². The molecule has 0 bridgehead atoms. The van der Waals surface area contributed by atoms with Crippen LogP contribution in [-0.4, -0.2) is 19.7 Å². The first kappa shape index (κ1) is 17.0. The number of hydrogen-bond donors (Lipinski definition) is 1. The fraction of sp³-hybridized carbons (Fsp3) is 0.278. The van der Waals surface area contributed by atoms with Crippen LogP contribution in [-0.2, 0) is 4.74 Å². The summed E-state index contributed by atoms with van der Waals surface area (Å²) >= 11 is 0. The van der Waals surface area contributed by atoms with Crippen LogP contribution in [0.25, 0.3) is 11.1 Å². The molecule has 2 N–H and O–H groups in total. The highest BCUT2D eigenvalue weighted by Gasteiger charge is 2.19. The summed E-state index contributed by atoms with van der Waals surface area (Å²) in [6.45, 7) is 3.81. The number of benzene rings is 2. The van der Waals surface area contributed by atoms with Crippen molar-refractivity contribution in [2.45, 2.75) is 19.9 Å². The van der Waals surface area contributed by atoms with Crippen LogP contribution in [0.1, 0.15) is 35.8 Å². The van der Waals surface area contributed by atoms with Gasteiger partial charge in [-0.3, -0.25) is 0 Å². The Morgan fingerprint density at radius 2 is 1.96 bits per heavy atom. The fourth-order valence-electron chi connectivity index (χ4n) is 2.35. The highest BCUT2D eigenvalue weighted by atomic mass is 19.1. The smallest absolute Gasteiger partial charge is 0.338 e. The quantitative estimate of drug-likeness (QED) is 0.854. The Labute approximate surface area is 135 Å². The topological polar surface area (TPSA) is 61.5 Å². The van der Waals surface area contributed by atoms with Crippen LogP contribution in [0.2, 0.25) is 0 Å². The Hall–Kier alpha value is -2.40. The van der Waals surface area contributed by atoms with E-state index in [-0.39, 0.29) is 12.6 Å². The molecule has 0 aliphatic heterocycles. The van der Waals surface area contributed by atoms with Crippen molar-refractivity contribution in [1.29, 1.82) is 0 Å². The van der Waals surface area contributed by atoms with Crippen molar-refractivity contribution >= 4 is 5.97 Å². The van der Waals surface area contributed by atoms with E-state index in [2.05, 4.69) is 0 Å². The Balaban J connectivity index is 2.66. The summed E-state index contributed by atoms with van der Waals surface area (Å²) < 4.78 is 24.1. The van der Waals surface area contributed by atoms with Crippen molar-refractivity contribution in [3.05, 3.63) is 53.3 Å². The first-order chi connectivity index (χ1) is 11.0. The fourth-order valence-corrected chi connectivity index (χ4v) is 2.35. The van der Waals surface area contributed by atoms with E-state index in [1.54, 1.807) is 19.1 Å². The minimum Gasteiger partial charge on any atom is -0.496 e. The maximum absolute atomic E-state index is 13.7. The van der Waals surface area contributed by atoms with E-state index >= 15 is 0 Å². The molecule has 0 spiro atoms. The average molecular weight is 317 g/mol. The number of methoxy groups -OCH3 is 1. The van der Waals surface area contributed by atoms with Gasteiger partial charge in [-0.15, -0.1) is 0 Å². The van der Waals surface area contributed by atoms with Crippen molar-refractivity contribution in [2.75, 3.05) is 13.7 Å². The summed E-state index contributed by atoms with van der Waals surface area (Å²) in [7, 11) is 1.50. The monoisotopic (exact) mass is 317 g/mol. The predicted molar refractivity (Wildman–Crippen MR) is 86.9 cm³/mol. The van der Waals surface area contributed by atoms with E-state index in [4.69, 9.17) is 15.2 Å². The maximum atomic E-state index is 13.7. The molecule has 2 aromatic carbocycles. The van der Waals surface area contributed by atoms with Gasteiger partial charge in [-0.25, -0.2) is 9.18 Å². The number of carbonyl (C=O) groups excluding carboxylic acids is 1. The molecule has 5 heteroatoms. The minimum atomic E-state index is -0.476. The molecular weight excluding hydrogens is 297 g/mol. The standard InChI is InChI=1S/C18H20FNO3/c1-4-23-18(21)16-9-12(11(2)20)5-7-14(16)15-10-13(19)6-8-17(15)22-3/h5-11H,4,20H2,1-3H3. The molecule has 0 aliphatic rings. The van der Waals surface area contributed by atoms with Crippen molar-refractivity contribution in [1.82, 2.24) is 0 Å². The Morgan fingerprint density at radius 3 is 2.57 bits per heavy atom. The number of hydrogen-bond acceptors (Lipinski definition) is 4. The molecule has 0 fully saturated rings. The molecule has 0 radical (unpaired) electrons. The van der Waals surface area contributed by atoms with Gasteiger partial charge in [-0.2, -0.15) is 0 Å². The zero-order valence-electron chi connectivity index (χ0n) is 13.4. The first-order valence-corrected chi connectivity index (χ1v) is 7.38. The lowest BCUT2D eigenvalue weighted by Gasteiger charge is -2.15. The Morgan fingerprint density at radius 1 is 1.22 bits per heavy atom. The molecule has 2 rings (SSSR count). The second kappa shape index (κ2) is 7.24. The summed E-state index contributed by atoms with van der Waals surface area (Å²) in [5, 5.41) is 0. The summed E-state index contributed by atoms with van der Waals surface area (Å²) in [5.41, 5.74) is 8.06. The highest BCUT2D eigenvalue weighted by molar-refractivity contribution is 5.98. The van der Waals surface area contributed by atoms with E-state index in [1.165, 1.54) is 25.3 Å². The highest BCUT2D eigenvalue weighted by Crippen LogP contribution is 2.34. The molecule has 0 saturated carbocycles. The largest absolute Gasteiger partial charge is 0.496 e. The lowest BCUT2D eigenvalue weighted by Crippen LogP contribution is -2.11. The van der Waals surface area contributed by atoms with Crippen LogP contribution in [0.3, 0.4) is 0 Å². The van der Waals surface area contributed by atoms with Crippen LogP contribution in [0.15, 0.2) is 36.4 Å². The predicted octanol–water partition coefficient (Wildman–Crippen LogP) is 3.70. The van der Waals surface area contributed by atoms with Gasteiger partial charge in [0.05, 0.1) is 19.3 Å². The van der Waals surface area contributed by atoms with Gasteiger partial charge in [0.25, 0.3) is 0 Å². The Bertz CT molecular complexity index is 713. The van der Waals surface area contributed by atoms with Crippen LogP contribution in [0.5, 0.6) is 5.75 Å². The molecule has 0 aromatic heterocycles. The molecule has 0 saturated heterocycles. The lowest BCUT2D eigenvalue weighted by molar-refractivity contribution is 0.0527. The average Bonchev–Trinajstić information content (AvgIpc) is 2.54. The van der Waals surface area contributed by atoms with Gasteiger partial charge in [0, 0.05) is 11.6 Å². The van der Waals surface area contributed by atoms with Gasteiger partial charge in [-0.05, 0) is 49.2 Å². The SMILES string of the molecule is CCOC(=O)c1cc(C(C)N)ccc1-c1cc(F)ccc1OC. The van der Waals surface area contributed by atoms with E-state index in [0.717, 1.165) is 5.56 Å². The van der Waals surface area contributed by atoms with Crippen molar-refractivity contribution in [3.8, 4) is 16.9 Å². The molecule has 122 valence electrons. The number of carbonyl (C=O) groups is 1. The number of ether oxygens (including phenoxy) is 2. The van der Waals surface area contributed by atoms with Crippen LogP contribution >= 0.6 is 0 Å². The normalized spacial score (nSPS) is 11.9. The molecule has 1 atom stereocenters. The third kappa shape index (κ3) is 3.68. The van der Waals surface area contributed by atoms with Gasteiger partial charge < -0.3 is 15.2 Å². The van der Waals surface area contributed by atoms with Gasteiger partial charge in [-0.1, -0.05) is 12.1 Å². The second-order valence-corrected chi connectivity index (χ2v) is 5.16. The Kier molecular flexibility index (Phi) is 5.34. The van der Waals surface area contributed by atoms with Gasteiger partial charge in [0.1, 0.15) is 11.6 Å². The lowest BCUT2D eigenvalue weighted by atomic mass is 9.95.